The number of esters is 1. The summed E-state index contributed by atoms with van der Waals surface area (Å²) in [6.45, 7) is 12.4. The number of benzene rings is 3. The van der Waals surface area contributed by atoms with Gasteiger partial charge in [0.2, 0.25) is 0 Å². The van der Waals surface area contributed by atoms with Crippen molar-refractivity contribution in [3.05, 3.63) is 86.1 Å². The van der Waals surface area contributed by atoms with Gasteiger partial charge in [-0.15, -0.1) is 0 Å². The van der Waals surface area contributed by atoms with E-state index in [-0.39, 0.29) is 18.1 Å². The van der Waals surface area contributed by atoms with E-state index in [4.69, 9.17) is 19.2 Å². The van der Waals surface area contributed by atoms with Crippen LogP contribution >= 0.6 is 15.9 Å². The average Bonchev–Trinajstić information content (AvgIpc) is 2.94. The molecule has 1 aromatic heterocycles. The number of para-hydroxylation sites is 1. The zero-order chi connectivity index (χ0) is 29.7. The lowest BCUT2D eigenvalue weighted by molar-refractivity contribution is -0.150. The van der Waals surface area contributed by atoms with Gasteiger partial charge >= 0.3 is 5.97 Å². The molecule has 0 amide bonds. The number of hydrogen-bond acceptors (Lipinski definition) is 7. The third kappa shape index (κ3) is 6.68. The normalized spacial score (nSPS) is 12.2. The van der Waals surface area contributed by atoms with Crippen molar-refractivity contribution in [1.29, 1.82) is 0 Å². The number of ether oxygens (including phenoxy) is 3. The van der Waals surface area contributed by atoms with Gasteiger partial charge in [0.25, 0.3) is 5.56 Å². The van der Waals surface area contributed by atoms with Gasteiger partial charge in [-0.05, 0) is 109 Å². The monoisotopic (exact) mass is 619 g/mol. The van der Waals surface area contributed by atoms with E-state index in [0.717, 1.165) is 22.4 Å². The van der Waals surface area contributed by atoms with Gasteiger partial charge in [-0.2, -0.15) is 9.78 Å². The Bertz CT molecular complexity index is 1660. The maximum Gasteiger partial charge on any atom is 0.347 e. The Morgan fingerprint density at radius 2 is 1.80 bits per heavy atom. The molecule has 0 aliphatic rings. The Labute approximate surface area is 248 Å². The minimum Gasteiger partial charge on any atom is -0.494 e. The highest BCUT2D eigenvalue weighted by atomic mass is 79.9. The van der Waals surface area contributed by atoms with E-state index in [9.17, 15) is 9.59 Å². The van der Waals surface area contributed by atoms with Crippen molar-refractivity contribution in [3.63, 3.8) is 0 Å². The fourth-order valence-electron chi connectivity index (χ4n) is 4.39. The second-order valence-electron chi connectivity index (χ2n) is 9.81. The maximum absolute atomic E-state index is 13.7. The van der Waals surface area contributed by atoms with Crippen LogP contribution in [-0.4, -0.2) is 41.2 Å². The first-order chi connectivity index (χ1) is 19.6. The number of aromatic nitrogens is 2. The molecule has 4 rings (SSSR count). The van der Waals surface area contributed by atoms with Crippen LogP contribution in [0.2, 0.25) is 0 Å². The van der Waals surface area contributed by atoms with Crippen molar-refractivity contribution in [2.24, 2.45) is 5.10 Å². The summed E-state index contributed by atoms with van der Waals surface area (Å²) < 4.78 is 18.7. The molecule has 0 bridgehead atoms. The molecule has 0 saturated heterocycles. The average molecular weight is 621 g/mol. The van der Waals surface area contributed by atoms with Crippen molar-refractivity contribution in [1.82, 2.24) is 9.66 Å². The van der Waals surface area contributed by atoms with Gasteiger partial charge in [0.1, 0.15) is 11.5 Å². The quantitative estimate of drug-likeness (QED) is 0.142. The molecule has 0 saturated carbocycles. The summed E-state index contributed by atoms with van der Waals surface area (Å²) in [5, 5.41) is 5.08. The van der Waals surface area contributed by atoms with Crippen LogP contribution in [0.1, 0.15) is 57.2 Å². The van der Waals surface area contributed by atoms with Gasteiger partial charge in [0.15, 0.2) is 11.9 Å². The molecule has 41 heavy (non-hydrogen) atoms. The summed E-state index contributed by atoms with van der Waals surface area (Å²) in [4.78, 5) is 30.6. The van der Waals surface area contributed by atoms with Crippen molar-refractivity contribution < 1.29 is 19.0 Å². The van der Waals surface area contributed by atoms with Gasteiger partial charge in [0.05, 0.1) is 34.8 Å². The Morgan fingerprint density at radius 3 is 2.49 bits per heavy atom. The number of carbonyl (C=O) groups excluding carboxylic acids is 1. The molecule has 3 aromatic carbocycles. The van der Waals surface area contributed by atoms with Crippen molar-refractivity contribution in [2.75, 3.05) is 13.2 Å². The van der Waals surface area contributed by atoms with Gasteiger partial charge in [-0.3, -0.25) is 4.79 Å². The second kappa shape index (κ2) is 13.1. The standard InChI is InChI=1S/C32H34BrN3O5/c1-7-39-29-15-20(5)25(17-24(29)19(3)4)30-35-27-12-10-9-11-23(27)31(37)36(30)34-18-22-13-14-28(26(33)16-22)41-21(6)32(38)40-8-2/h9-19,21H,7-8H2,1-6H3/t21-/m0/s1. The van der Waals surface area contributed by atoms with Gasteiger partial charge < -0.3 is 14.2 Å². The molecule has 1 heterocycles. The number of hydrogen-bond donors (Lipinski definition) is 0. The molecule has 1 atom stereocenters. The Kier molecular flexibility index (Phi) is 9.60. The fraction of sp³-hybridized carbons (Fsp3) is 0.312. The van der Waals surface area contributed by atoms with Crippen LogP contribution in [0.5, 0.6) is 11.5 Å². The zero-order valence-corrected chi connectivity index (χ0v) is 25.7. The first-order valence-electron chi connectivity index (χ1n) is 13.6. The van der Waals surface area contributed by atoms with Crippen LogP contribution in [0.25, 0.3) is 22.3 Å². The Hall–Kier alpha value is -3.98. The molecule has 0 spiro atoms. The molecular formula is C32H34BrN3O5. The Balaban J connectivity index is 1.79. The van der Waals surface area contributed by atoms with Gasteiger partial charge in [-0.1, -0.05) is 26.0 Å². The molecule has 0 N–H and O–H groups in total. The molecule has 0 unspecified atom stereocenters. The molecule has 8 nitrogen and oxygen atoms in total. The lowest BCUT2D eigenvalue weighted by Crippen LogP contribution is -2.26. The molecule has 214 valence electrons. The minimum absolute atomic E-state index is 0.199. The predicted octanol–water partition coefficient (Wildman–Crippen LogP) is 6.87. The molecule has 0 radical (unpaired) electrons. The molecule has 9 heteroatoms. The van der Waals surface area contributed by atoms with Crippen LogP contribution in [0.15, 0.2) is 69.0 Å². The third-order valence-electron chi connectivity index (χ3n) is 6.47. The Morgan fingerprint density at radius 1 is 1.05 bits per heavy atom. The van der Waals surface area contributed by atoms with E-state index in [1.807, 2.05) is 44.2 Å². The van der Waals surface area contributed by atoms with E-state index in [1.54, 1.807) is 44.3 Å². The number of rotatable bonds is 10. The SMILES string of the molecule is CCOC(=O)[C@H](C)Oc1ccc(C=Nn2c(-c3cc(C(C)C)c(OCC)cc3C)nc3ccccc3c2=O)cc1Br. The van der Waals surface area contributed by atoms with Crippen LogP contribution in [0.3, 0.4) is 0 Å². The smallest absolute Gasteiger partial charge is 0.347 e. The number of aryl methyl sites for hydroxylation is 1. The van der Waals surface area contributed by atoms with Crippen LogP contribution in [-0.2, 0) is 9.53 Å². The summed E-state index contributed by atoms with van der Waals surface area (Å²) >= 11 is 3.51. The van der Waals surface area contributed by atoms with Crippen LogP contribution < -0.4 is 15.0 Å². The van der Waals surface area contributed by atoms with Gasteiger partial charge in [-0.25, -0.2) is 9.78 Å². The first-order valence-corrected chi connectivity index (χ1v) is 14.4. The van der Waals surface area contributed by atoms with Crippen LogP contribution in [0.4, 0.5) is 0 Å². The summed E-state index contributed by atoms with van der Waals surface area (Å²) in [5.41, 5.74) is 3.79. The molecule has 4 aromatic rings. The largest absolute Gasteiger partial charge is 0.494 e. The topological polar surface area (TPSA) is 92.0 Å². The van der Waals surface area contributed by atoms with E-state index in [0.29, 0.717) is 39.1 Å². The van der Waals surface area contributed by atoms with Crippen LogP contribution in [0, 0.1) is 6.92 Å². The zero-order valence-electron chi connectivity index (χ0n) is 24.1. The van der Waals surface area contributed by atoms with E-state index >= 15 is 0 Å². The van der Waals surface area contributed by atoms with E-state index in [1.165, 1.54) is 4.68 Å². The molecule has 0 aliphatic carbocycles. The number of carbonyl (C=O) groups is 1. The summed E-state index contributed by atoms with van der Waals surface area (Å²) in [6.07, 6.45) is 0.835. The fourth-order valence-corrected chi connectivity index (χ4v) is 4.88. The summed E-state index contributed by atoms with van der Waals surface area (Å²) in [6, 6.07) is 16.6. The van der Waals surface area contributed by atoms with Crippen molar-refractivity contribution >= 4 is 39.0 Å². The van der Waals surface area contributed by atoms with Crippen molar-refractivity contribution in [2.45, 2.75) is 53.6 Å². The molecule has 0 fully saturated rings. The predicted molar refractivity (Wildman–Crippen MR) is 165 cm³/mol. The van der Waals surface area contributed by atoms with Gasteiger partial charge in [0, 0.05) is 5.56 Å². The molecular weight excluding hydrogens is 586 g/mol. The number of halogens is 1. The maximum atomic E-state index is 13.7. The lowest BCUT2D eigenvalue weighted by Gasteiger charge is -2.18. The highest BCUT2D eigenvalue weighted by Crippen LogP contribution is 2.34. The minimum atomic E-state index is -0.760. The highest BCUT2D eigenvalue weighted by molar-refractivity contribution is 9.10. The molecule has 0 aliphatic heterocycles. The summed E-state index contributed by atoms with van der Waals surface area (Å²) in [7, 11) is 0. The second-order valence-corrected chi connectivity index (χ2v) is 10.7. The first kappa shape index (κ1) is 30.0. The summed E-state index contributed by atoms with van der Waals surface area (Å²) in [5.74, 6) is 1.51. The van der Waals surface area contributed by atoms with E-state index < -0.39 is 12.1 Å². The number of fused-ring (bicyclic) bond motifs is 1. The highest BCUT2D eigenvalue weighted by Gasteiger charge is 2.19. The third-order valence-corrected chi connectivity index (χ3v) is 7.09. The van der Waals surface area contributed by atoms with E-state index in [2.05, 4.69) is 34.9 Å². The lowest BCUT2D eigenvalue weighted by atomic mass is 9.96. The van der Waals surface area contributed by atoms with Crippen molar-refractivity contribution in [3.8, 4) is 22.9 Å². The number of nitrogens with zero attached hydrogens (tertiary/aromatic N) is 3.